The van der Waals surface area contributed by atoms with Gasteiger partial charge in [-0.25, -0.2) is 0 Å². The molecule has 50 heavy (non-hydrogen) atoms. The fourth-order valence-electron chi connectivity index (χ4n) is 12.0. The van der Waals surface area contributed by atoms with E-state index in [2.05, 4.69) is 115 Å². The van der Waals surface area contributed by atoms with Crippen LogP contribution >= 0.6 is 11.8 Å². The maximum Gasteiger partial charge on any atom is 0.0723 e. The summed E-state index contributed by atoms with van der Waals surface area (Å²) in [6, 6.07) is 0. The van der Waals surface area contributed by atoms with Gasteiger partial charge in [-0.05, 0) is 130 Å². The lowest BCUT2D eigenvalue weighted by molar-refractivity contribution is -0.128. The minimum Gasteiger partial charge on any atom is -0.375 e. The van der Waals surface area contributed by atoms with E-state index < -0.39 is 0 Å². The third-order valence-corrected chi connectivity index (χ3v) is 18.1. The van der Waals surface area contributed by atoms with E-state index in [0.717, 1.165) is 35.1 Å². The van der Waals surface area contributed by atoms with Crippen LogP contribution in [0.15, 0.2) is 45.9 Å². The van der Waals surface area contributed by atoms with Gasteiger partial charge in [0.25, 0.3) is 0 Å². The van der Waals surface area contributed by atoms with Gasteiger partial charge in [-0.3, -0.25) is 5.43 Å². The van der Waals surface area contributed by atoms with Crippen LogP contribution in [0.1, 0.15) is 147 Å². The third-order valence-electron chi connectivity index (χ3n) is 16.3. The molecule has 5 nitrogen and oxygen atoms in total. The predicted molar refractivity (Wildman–Crippen MR) is 215 cm³/mol. The van der Waals surface area contributed by atoms with Crippen molar-refractivity contribution in [2.45, 2.75) is 163 Å². The molecule has 10 atom stereocenters. The third kappa shape index (κ3) is 6.76. The van der Waals surface area contributed by atoms with Gasteiger partial charge in [0, 0.05) is 27.2 Å². The summed E-state index contributed by atoms with van der Waals surface area (Å²) in [5.74, 6) is 5.44. The van der Waals surface area contributed by atoms with Crippen LogP contribution in [-0.2, 0) is 4.74 Å². The highest BCUT2D eigenvalue weighted by Crippen LogP contribution is 2.76. The van der Waals surface area contributed by atoms with Crippen molar-refractivity contribution in [3.8, 4) is 0 Å². The van der Waals surface area contributed by atoms with Gasteiger partial charge in [0.15, 0.2) is 0 Å². The van der Waals surface area contributed by atoms with Crippen LogP contribution in [0.5, 0.6) is 0 Å². The summed E-state index contributed by atoms with van der Waals surface area (Å²) in [5, 5.41) is 6.88. The molecule has 0 aromatic heterocycles. The molecule has 3 saturated carbocycles. The normalized spacial score (nSPS) is 41.1. The SMILES string of the molecule is C=C(C)NN=NC.CC[C@]12SCC(OC[C@](C)(N)C(C)C)[C@@](C)(CC3CC3)C1CCC1C2=CC[C@]23C[C@]([C@H](C)C(C)C)(CC=C2C)CCC13C. The van der Waals surface area contributed by atoms with Crippen molar-refractivity contribution in [3.63, 3.8) is 0 Å². The highest BCUT2D eigenvalue weighted by molar-refractivity contribution is 8.01. The van der Waals surface area contributed by atoms with Crippen LogP contribution in [0, 0.1) is 57.2 Å². The van der Waals surface area contributed by atoms with Crippen molar-refractivity contribution in [1.29, 1.82) is 0 Å². The number of allylic oxidation sites excluding steroid dienone is 4. The molecular formula is C44H76N4OS. The number of thioether (sulfide) groups is 1. The topological polar surface area (TPSA) is 72.0 Å². The molecule has 0 radical (unpaired) electrons. The molecule has 5 aliphatic carbocycles. The molecule has 3 N–H and O–H groups in total. The standard InChI is InChI=1S/C40H67NOS.C4H9N3/c1-11-40-32-17-19-39-24-38(18-16-28(39)6,29(7)26(2)3)21-20-36(39,9)31(32)14-15-33(40)35(8,22-30-12-13-30)34(23-43-40)42-25-37(10,41)27(4)5;1-4(2)6-7-5-3/h16-17,26-27,29-31,33-34H,11-15,18-25,41H2,1-10H3;1H2,2-3H3,(H,5,6)/t29-,31?,33?,34?,35+,36?,37+,38+,39+,40-;/m1./s1. The average Bonchev–Trinajstić information content (AvgIpc) is 3.89. The van der Waals surface area contributed by atoms with E-state index in [4.69, 9.17) is 10.5 Å². The zero-order chi connectivity index (χ0) is 36.9. The Morgan fingerprint density at radius 3 is 2.36 bits per heavy atom. The minimum absolute atomic E-state index is 0.229. The zero-order valence-corrected chi connectivity index (χ0v) is 35.2. The number of nitrogens with two attached hydrogens (primary N) is 1. The Bertz CT molecular complexity index is 1330. The van der Waals surface area contributed by atoms with Crippen LogP contribution in [0.2, 0.25) is 0 Å². The summed E-state index contributed by atoms with van der Waals surface area (Å²) >= 11 is 2.32. The highest BCUT2D eigenvalue weighted by Gasteiger charge is 2.68. The number of nitrogens with zero attached hydrogens (tertiary/aromatic N) is 2. The molecule has 284 valence electrons. The van der Waals surface area contributed by atoms with E-state index in [1.54, 1.807) is 12.6 Å². The van der Waals surface area contributed by atoms with E-state index in [1.807, 2.05) is 12.5 Å². The lowest BCUT2D eigenvalue weighted by atomic mass is 9.36. The summed E-state index contributed by atoms with van der Waals surface area (Å²) in [6.07, 6.45) is 21.0. The lowest BCUT2D eigenvalue weighted by Crippen LogP contribution is -2.65. The molecule has 1 saturated heterocycles. The average molecular weight is 709 g/mol. The predicted octanol–water partition coefficient (Wildman–Crippen LogP) is 11.7. The van der Waals surface area contributed by atoms with Gasteiger partial charge in [-0.1, -0.05) is 103 Å². The fraction of sp³-hybridized carbons (Fsp3) is 0.864. The Morgan fingerprint density at radius 1 is 1.10 bits per heavy atom. The first-order chi connectivity index (χ1) is 23.4. The smallest absolute Gasteiger partial charge is 0.0723 e. The van der Waals surface area contributed by atoms with Crippen molar-refractivity contribution in [3.05, 3.63) is 35.6 Å². The van der Waals surface area contributed by atoms with Crippen molar-refractivity contribution in [1.82, 2.24) is 5.43 Å². The van der Waals surface area contributed by atoms with Crippen molar-refractivity contribution in [2.24, 2.45) is 73.2 Å². The summed E-state index contributed by atoms with van der Waals surface area (Å²) in [7, 11) is 1.59. The van der Waals surface area contributed by atoms with Crippen LogP contribution in [-0.4, -0.2) is 35.8 Å². The summed E-state index contributed by atoms with van der Waals surface area (Å²) < 4.78 is 7.25. The maximum atomic E-state index is 6.98. The second-order valence-electron chi connectivity index (χ2n) is 19.6. The Labute approximate surface area is 312 Å². The summed E-state index contributed by atoms with van der Waals surface area (Å²) in [5.41, 5.74) is 14.9. The zero-order valence-electron chi connectivity index (χ0n) is 34.4. The molecule has 1 aliphatic heterocycles. The molecule has 0 amide bonds. The Kier molecular flexibility index (Phi) is 11.7. The minimum atomic E-state index is -0.272. The fourth-order valence-corrected chi connectivity index (χ4v) is 14.1. The van der Waals surface area contributed by atoms with E-state index in [1.165, 1.54) is 70.6 Å². The number of hydrogen-bond acceptors (Lipinski definition) is 5. The maximum absolute atomic E-state index is 6.98. The van der Waals surface area contributed by atoms with Gasteiger partial charge in [-0.15, -0.1) is 11.8 Å². The van der Waals surface area contributed by atoms with Crippen molar-refractivity contribution < 1.29 is 4.74 Å². The second-order valence-corrected chi connectivity index (χ2v) is 20.9. The van der Waals surface area contributed by atoms with Gasteiger partial charge in [0.2, 0.25) is 0 Å². The van der Waals surface area contributed by atoms with E-state index in [9.17, 15) is 0 Å². The molecule has 4 unspecified atom stereocenters. The molecule has 0 aromatic rings. The summed E-state index contributed by atoms with van der Waals surface area (Å²) in [6.45, 7) is 30.7. The van der Waals surface area contributed by atoms with E-state index >= 15 is 0 Å². The Balaban J connectivity index is 0.000000630. The number of rotatable bonds is 11. The van der Waals surface area contributed by atoms with Gasteiger partial charge in [0.05, 0.1) is 19.8 Å². The van der Waals surface area contributed by atoms with Crippen molar-refractivity contribution >= 4 is 11.8 Å². The highest BCUT2D eigenvalue weighted by atomic mass is 32.2. The number of fused-ring (bicyclic) bond motifs is 5. The van der Waals surface area contributed by atoms with E-state index in [-0.39, 0.29) is 15.7 Å². The van der Waals surface area contributed by atoms with Gasteiger partial charge in [0.1, 0.15) is 0 Å². The Morgan fingerprint density at radius 2 is 1.80 bits per heavy atom. The number of nitrogens with one attached hydrogen (secondary N) is 1. The molecular weight excluding hydrogens is 633 g/mol. The molecule has 0 aromatic carbocycles. The number of hydrogen-bond donors (Lipinski definition) is 2. The first-order valence-corrected chi connectivity index (χ1v) is 21.5. The molecule has 1 heterocycles. The van der Waals surface area contributed by atoms with Crippen LogP contribution in [0.4, 0.5) is 0 Å². The molecule has 1 spiro atoms. The lowest BCUT2D eigenvalue weighted by Gasteiger charge is -2.70. The molecule has 2 bridgehead atoms. The first-order valence-electron chi connectivity index (χ1n) is 20.5. The Hall–Kier alpha value is -1.11. The number of ether oxygens (including phenoxy) is 1. The summed E-state index contributed by atoms with van der Waals surface area (Å²) in [4.78, 5) is 0. The molecule has 6 rings (SSSR count). The second kappa shape index (κ2) is 14.6. The van der Waals surface area contributed by atoms with E-state index in [0.29, 0.717) is 40.8 Å². The molecule has 6 heteroatoms. The van der Waals surface area contributed by atoms with Gasteiger partial charge < -0.3 is 10.5 Å². The quantitative estimate of drug-likeness (QED) is 0.127. The van der Waals surface area contributed by atoms with Gasteiger partial charge >= 0.3 is 0 Å². The molecule has 4 fully saturated rings. The first kappa shape index (κ1) is 40.1. The van der Waals surface area contributed by atoms with Crippen molar-refractivity contribution in [2.75, 3.05) is 19.4 Å². The van der Waals surface area contributed by atoms with Crippen LogP contribution < -0.4 is 11.2 Å². The van der Waals surface area contributed by atoms with Crippen LogP contribution in [0.25, 0.3) is 0 Å². The van der Waals surface area contributed by atoms with Crippen LogP contribution in [0.3, 0.4) is 0 Å². The van der Waals surface area contributed by atoms with Gasteiger partial charge in [-0.2, -0.15) is 5.11 Å². The largest absolute Gasteiger partial charge is 0.375 e. The molecule has 6 aliphatic rings. The monoisotopic (exact) mass is 709 g/mol.